The molecule has 0 saturated carbocycles. The zero-order chi connectivity index (χ0) is 45.4. The Morgan fingerprint density at radius 1 is 0.917 bits per heavy atom. The lowest BCUT2D eigenvalue weighted by Gasteiger charge is -2.41. The number of urea groups is 1. The van der Waals surface area contributed by atoms with Gasteiger partial charge in [-0.05, 0) is 43.1 Å². The van der Waals surface area contributed by atoms with E-state index in [2.05, 4.69) is 16.0 Å². The normalized spacial score (nSPS) is 19.3. The number of rotatable bonds is 24. The van der Waals surface area contributed by atoms with Crippen molar-refractivity contribution < 1.29 is 43.1 Å². The maximum atomic E-state index is 14.5. The molecule has 0 aliphatic carbocycles. The fourth-order valence-electron chi connectivity index (χ4n) is 8.30. The number of likely N-dealkylation sites (N-methyl/N-ethyl adjacent to an activating group) is 2. The molecular formula is C44H77N6O9S+. The van der Waals surface area contributed by atoms with Gasteiger partial charge in [0.2, 0.25) is 23.6 Å². The number of hydrogen-bond acceptors (Lipinski definition) is 9. The second-order valence-electron chi connectivity index (χ2n) is 17.2. The molecule has 1 aromatic rings. The molecule has 1 aliphatic heterocycles. The van der Waals surface area contributed by atoms with Crippen LogP contribution in [0, 0.1) is 23.7 Å². The van der Waals surface area contributed by atoms with Crippen molar-refractivity contribution in [2.45, 2.75) is 136 Å². The molecule has 0 spiro atoms. The highest BCUT2D eigenvalue weighted by Crippen LogP contribution is 2.30. The molecule has 0 radical (unpaired) electrons. The van der Waals surface area contributed by atoms with Crippen LogP contribution in [0.5, 0.6) is 0 Å². The molecule has 15 nitrogen and oxygen atoms in total. The van der Waals surface area contributed by atoms with Gasteiger partial charge in [0.05, 0.1) is 48.8 Å². The van der Waals surface area contributed by atoms with Crippen LogP contribution < -0.4 is 16.0 Å². The number of aliphatic hydroxyl groups excluding tert-OH is 1. The third-order valence-corrected chi connectivity index (χ3v) is 12.9. The van der Waals surface area contributed by atoms with Gasteiger partial charge in [-0.15, -0.1) is 0 Å². The van der Waals surface area contributed by atoms with E-state index in [9.17, 15) is 33.6 Å². The first-order valence-electron chi connectivity index (χ1n) is 21.5. The molecule has 1 saturated heterocycles. The van der Waals surface area contributed by atoms with E-state index in [0.29, 0.717) is 43.7 Å². The van der Waals surface area contributed by atoms with Crippen molar-refractivity contribution in [3.8, 4) is 0 Å². The number of nitrogens with zero attached hydrogens (tertiary/aromatic N) is 3. The van der Waals surface area contributed by atoms with Crippen molar-refractivity contribution in [1.82, 2.24) is 30.7 Å². The molecule has 16 heteroatoms. The summed E-state index contributed by atoms with van der Waals surface area (Å²) in [5, 5.41) is 19.6. The Labute approximate surface area is 362 Å². The molecule has 1 aromatic carbocycles. The van der Waals surface area contributed by atoms with Gasteiger partial charge in [-0.3, -0.25) is 19.2 Å². The van der Waals surface area contributed by atoms with Gasteiger partial charge in [0, 0.05) is 47.8 Å². The number of carbonyl (C=O) groups is 5. The number of benzene rings is 1. The molecular weight excluding hydrogens is 789 g/mol. The summed E-state index contributed by atoms with van der Waals surface area (Å²) < 4.78 is 21.5. The fourth-order valence-corrected chi connectivity index (χ4v) is 8.87. The van der Waals surface area contributed by atoms with E-state index in [0.717, 1.165) is 6.42 Å². The molecule has 1 heterocycles. The van der Waals surface area contributed by atoms with Crippen LogP contribution >= 0.6 is 0 Å². The van der Waals surface area contributed by atoms with Crippen molar-refractivity contribution >= 4 is 40.8 Å². The van der Waals surface area contributed by atoms with E-state index >= 15 is 0 Å². The third-order valence-electron chi connectivity index (χ3n) is 12.0. The summed E-state index contributed by atoms with van der Waals surface area (Å²) in [5.74, 6) is -2.00. The van der Waals surface area contributed by atoms with Crippen LogP contribution in [-0.2, 0) is 39.8 Å². The predicted octanol–water partition coefficient (Wildman–Crippen LogP) is 4.06. The molecule has 5 N–H and O–H groups in total. The Balaban J connectivity index is 2.25. The molecule has 0 bridgehead atoms. The standard InChI is InChI=1S/C44H76N6O9S/c1-14-29(6)38(48(9)43(55)36(27(2)3)47-42(54)37(28(4)5)49(10)44(56)45-23-19-25-60(13)57)34(58-11)26-35(51)50-24-18-22-33(50)40(59-12)30(7)41(53)46-31(8)39(52)32-20-16-15-17-21-32/h15-17,20-21,27-31,33-34,36-40,52,57H,14,18-19,22-26H2,1-13H3,(H2-,45,46,47,53,54,56)/p+1/t29-,30+,31+,33-,34+,36-,37-,38-,39+,40+,60?/m0/s1. The molecule has 1 fully saturated rings. The zero-order valence-electron chi connectivity index (χ0n) is 38.5. The van der Waals surface area contributed by atoms with E-state index < -0.39 is 71.5 Å². The van der Waals surface area contributed by atoms with Gasteiger partial charge in [-0.25, -0.2) is 4.79 Å². The molecule has 2 rings (SSSR count). The summed E-state index contributed by atoms with van der Waals surface area (Å²) in [7, 11) is 6.31. The monoisotopic (exact) mass is 866 g/mol. The lowest BCUT2D eigenvalue weighted by atomic mass is 9.89. The lowest BCUT2D eigenvalue weighted by Crippen LogP contribution is -2.61. The van der Waals surface area contributed by atoms with Gasteiger partial charge in [0.15, 0.2) is 0 Å². The topological polar surface area (TPSA) is 190 Å². The van der Waals surface area contributed by atoms with Crippen LogP contribution in [0.15, 0.2) is 30.3 Å². The summed E-state index contributed by atoms with van der Waals surface area (Å²) in [5.41, 5.74) is 0.694. The van der Waals surface area contributed by atoms with Crippen LogP contribution in [0.1, 0.15) is 99.2 Å². The quantitative estimate of drug-likeness (QED) is 0.0754. The Kier molecular flexibility index (Phi) is 22.4. The highest BCUT2D eigenvalue weighted by molar-refractivity contribution is 7.90. The van der Waals surface area contributed by atoms with Crippen molar-refractivity contribution in [2.75, 3.05) is 53.4 Å². The average Bonchev–Trinajstić information content (AvgIpc) is 3.70. The summed E-state index contributed by atoms with van der Waals surface area (Å²) in [6, 6.07) is 5.45. The first-order valence-corrected chi connectivity index (χ1v) is 23.3. The van der Waals surface area contributed by atoms with Gasteiger partial charge in [-0.2, -0.15) is 4.55 Å². The second kappa shape index (κ2) is 25.5. The largest absolute Gasteiger partial charge is 0.386 e. The van der Waals surface area contributed by atoms with E-state index in [-0.39, 0.29) is 47.9 Å². The number of aliphatic hydroxyl groups is 1. The minimum Gasteiger partial charge on any atom is -0.386 e. The van der Waals surface area contributed by atoms with Gasteiger partial charge >= 0.3 is 6.03 Å². The highest BCUT2D eigenvalue weighted by atomic mass is 32.2. The van der Waals surface area contributed by atoms with Crippen LogP contribution in [0.2, 0.25) is 0 Å². The minimum atomic E-state index is -0.929. The maximum Gasteiger partial charge on any atom is 0.317 e. The Hall–Kier alpha value is -3.44. The summed E-state index contributed by atoms with van der Waals surface area (Å²) in [6.45, 7) is 15.8. The van der Waals surface area contributed by atoms with Crippen molar-refractivity contribution in [2.24, 2.45) is 23.7 Å². The fraction of sp³-hybridized carbons (Fsp3) is 0.750. The number of likely N-dealkylation sites (tertiary alicyclic amines) is 1. The van der Waals surface area contributed by atoms with Gasteiger partial charge in [0.25, 0.3) is 0 Å². The zero-order valence-corrected chi connectivity index (χ0v) is 39.3. The van der Waals surface area contributed by atoms with Gasteiger partial charge in [0.1, 0.15) is 35.3 Å². The van der Waals surface area contributed by atoms with E-state index in [4.69, 9.17) is 9.47 Å². The second-order valence-corrected chi connectivity index (χ2v) is 18.8. The smallest absolute Gasteiger partial charge is 0.317 e. The van der Waals surface area contributed by atoms with Crippen molar-refractivity contribution in [1.29, 1.82) is 0 Å². The van der Waals surface area contributed by atoms with E-state index in [1.54, 1.807) is 56.1 Å². The molecule has 6 amide bonds. The van der Waals surface area contributed by atoms with Crippen LogP contribution in [0.25, 0.3) is 0 Å². The first-order chi connectivity index (χ1) is 28.2. The summed E-state index contributed by atoms with van der Waals surface area (Å²) in [6.07, 6.45) is 2.14. The molecule has 1 unspecified atom stereocenters. The SMILES string of the molecule is CC[C@H](C)[C@@H]([C@@H](CC(=O)N1CCC[C@H]1[C@H](OC)[C@@H](C)C(=O)N[C@H](C)[C@@H](O)c1ccccc1)OC)N(C)C(=O)[C@@H](NC(=O)[C@H](C(C)C)N(C)C(=O)NCCC[S+](C)O)C(C)C. The predicted molar refractivity (Wildman–Crippen MR) is 237 cm³/mol. The summed E-state index contributed by atoms with van der Waals surface area (Å²) in [4.78, 5) is 74.0. The maximum absolute atomic E-state index is 14.5. The third kappa shape index (κ3) is 14.6. The Bertz CT molecular complexity index is 1500. The number of carbonyl (C=O) groups excluding carboxylic acids is 5. The molecule has 1 aliphatic rings. The molecule has 60 heavy (non-hydrogen) atoms. The van der Waals surface area contributed by atoms with Gasteiger partial charge in [-0.1, -0.05) is 85.2 Å². The van der Waals surface area contributed by atoms with Crippen molar-refractivity contribution in [3.63, 3.8) is 0 Å². The molecule has 0 aromatic heterocycles. The summed E-state index contributed by atoms with van der Waals surface area (Å²) >= 11 is -0.728. The number of ether oxygens (including phenoxy) is 2. The Morgan fingerprint density at radius 2 is 1.55 bits per heavy atom. The Morgan fingerprint density at radius 3 is 2.08 bits per heavy atom. The number of amides is 6. The van der Waals surface area contributed by atoms with E-state index in [1.165, 1.54) is 19.1 Å². The minimum absolute atomic E-state index is 0.0252. The molecule has 342 valence electrons. The van der Waals surface area contributed by atoms with Crippen LogP contribution in [-0.4, -0.2) is 150 Å². The lowest BCUT2D eigenvalue weighted by molar-refractivity contribution is -0.148. The van der Waals surface area contributed by atoms with Crippen molar-refractivity contribution in [3.05, 3.63) is 35.9 Å². The number of methoxy groups -OCH3 is 2. The van der Waals surface area contributed by atoms with E-state index in [1.807, 2.05) is 59.7 Å². The number of hydrogen-bond donors (Lipinski definition) is 5. The molecule has 11 atom stereocenters. The average molecular weight is 866 g/mol. The highest BCUT2D eigenvalue weighted by Gasteiger charge is 2.43. The first kappa shape index (κ1) is 52.7. The number of nitrogens with one attached hydrogen (secondary N) is 3. The van der Waals surface area contributed by atoms with Gasteiger partial charge < -0.3 is 45.2 Å². The van der Waals surface area contributed by atoms with Crippen LogP contribution in [0.3, 0.4) is 0 Å². The van der Waals surface area contributed by atoms with Crippen LogP contribution in [0.4, 0.5) is 4.79 Å².